The molecular weight excluding hydrogens is 302 g/mol. The number of halogens is 2. The van der Waals surface area contributed by atoms with Crippen molar-refractivity contribution in [3.05, 3.63) is 35.4 Å². The normalized spacial score (nSPS) is 17.7. The number of carbonyl (C=O) groups is 1. The molecule has 116 valence electrons. The van der Waals surface area contributed by atoms with E-state index in [-0.39, 0.29) is 11.6 Å². The predicted molar refractivity (Wildman–Crippen MR) is 73.3 cm³/mol. The van der Waals surface area contributed by atoms with E-state index < -0.39 is 27.6 Å². The smallest absolute Gasteiger partial charge is 0.251 e. The third-order valence-electron chi connectivity index (χ3n) is 3.44. The Kier molecular flexibility index (Phi) is 4.58. The Hall–Kier alpha value is -1.54. The van der Waals surface area contributed by atoms with Crippen LogP contribution in [-0.4, -0.2) is 44.0 Å². The van der Waals surface area contributed by atoms with Gasteiger partial charge < -0.3 is 5.32 Å². The van der Waals surface area contributed by atoms with E-state index in [0.29, 0.717) is 25.9 Å². The standard InChI is InChI=1S/C13H16F2N2O3S/c1-21(19,20)17-6-4-10(5-7-17)16-13(18)9-2-3-11(14)12(15)8-9/h2-3,8,10H,4-7H2,1H3,(H,16,18). The molecule has 1 aromatic carbocycles. The van der Waals surface area contributed by atoms with Crippen LogP contribution >= 0.6 is 0 Å². The first-order valence-corrected chi connectivity index (χ1v) is 8.33. The molecule has 0 unspecified atom stereocenters. The Bertz CT molecular complexity index is 641. The van der Waals surface area contributed by atoms with Crippen molar-refractivity contribution in [1.82, 2.24) is 9.62 Å². The van der Waals surface area contributed by atoms with Crippen molar-refractivity contribution in [3.63, 3.8) is 0 Å². The summed E-state index contributed by atoms with van der Waals surface area (Å²) in [7, 11) is -3.21. The quantitative estimate of drug-likeness (QED) is 0.908. The number of nitrogens with one attached hydrogen (secondary N) is 1. The van der Waals surface area contributed by atoms with Gasteiger partial charge in [0.25, 0.3) is 5.91 Å². The summed E-state index contributed by atoms with van der Waals surface area (Å²) in [5, 5.41) is 2.70. The Labute approximate surface area is 122 Å². The summed E-state index contributed by atoms with van der Waals surface area (Å²) in [4.78, 5) is 11.9. The first-order chi connectivity index (χ1) is 9.77. The number of piperidine rings is 1. The molecule has 1 aliphatic rings. The van der Waals surface area contributed by atoms with Crippen molar-refractivity contribution in [1.29, 1.82) is 0 Å². The lowest BCUT2D eigenvalue weighted by atomic mass is 10.1. The van der Waals surface area contributed by atoms with E-state index in [9.17, 15) is 22.0 Å². The molecule has 2 rings (SSSR count). The number of hydrogen-bond acceptors (Lipinski definition) is 3. The fourth-order valence-electron chi connectivity index (χ4n) is 2.24. The van der Waals surface area contributed by atoms with Gasteiger partial charge in [-0.3, -0.25) is 4.79 Å². The van der Waals surface area contributed by atoms with Gasteiger partial charge in [0.15, 0.2) is 11.6 Å². The van der Waals surface area contributed by atoms with Crippen LogP contribution in [0.2, 0.25) is 0 Å². The number of carbonyl (C=O) groups excluding carboxylic acids is 1. The van der Waals surface area contributed by atoms with E-state index in [1.165, 1.54) is 10.4 Å². The highest BCUT2D eigenvalue weighted by Gasteiger charge is 2.26. The van der Waals surface area contributed by atoms with E-state index >= 15 is 0 Å². The number of hydrogen-bond donors (Lipinski definition) is 1. The zero-order chi connectivity index (χ0) is 15.6. The fourth-order valence-corrected chi connectivity index (χ4v) is 3.11. The van der Waals surface area contributed by atoms with Crippen molar-refractivity contribution in [3.8, 4) is 0 Å². The van der Waals surface area contributed by atoms with Crippen molar-refractivity contribution in [2.24, 2.45) is 0 Å². The maximum absolute atomic E-state index is 13.1. The monoisotopic (exact) mass is 318 g/mol. The number of nitrogens with zero attached hydrogens (tertiary/aromatic N) is 1. The van der Waals surface area contributed by atoms with Gasteiger partial charge in [-0.1, -0.05) is 0 Å². The lowest BCUT2D eigenvalue weighted by molar-refractivity contribution is 0.0923. The fraction of sp³-hybridized carbons (Fsp3) is 0.462. The molecular formula is C13H16F2N2O3S. The van der Waals surface area contributed by atoms with Crippen LogP contribution in [-0.2, 0) is 10.0 Å². The molecule has 0 bridgehead atoms. The number of sulfonamides is 1. The van der Waals surface area contributed by atoms with E-state index in [0.717, 1.165) is 18.4 Å². The molecule has 21 heavy (non-hydrogen) atoms. The SMILES string of the molecule is CS(=O)(=O)N1CCC(NC(=O)c2ccc(F)c(F)c2)CC1. The van der Waals surface area contributed by atoms with Gasteiger partial charge in [-0.25, -0.2) is 21.5 Å². The number of benzene rings is 1. The van der Waals surface area contributed by atoms with Crippen molar-refractivity contribution in [2.75, 3.05) is 19.3 Å². The molecule has 0 aromatic heterocycles. The summed E-state index contributed by atoms with van der Waals surface area (Å²) in [5.74, 6) is -2.57. The second kappa shape index (κ2) is 6.07. The molecule has 1 heterocycles. The van der Waals surface area contributed by atoms with Crippen LogP contribution < -0.4 is 5.32 Å². The van der Waals surface area contributed by atoms with Gasteiger partial charge in [0.05, 0.1) is 6.26 Å². The van der Waals surface area contributed by atoms with Gasteiger partial charge in [0.2, 0.25) is 10.0 Å². The minimum atomic E-state index is -3.21. The van der Waals surface area contributed by atoms with Crippen LogP contribution in [0.1, 0.15) is 23.2 Å². The highest BCUT2D eigenvalue weighted by Crippen LogP contribution is 2.14. The lowest BCUT2D eigenvalue weighted by Crippen LogP contribution is -2.46. The molecule has 1 N–H and O–H groups in total. The minimum absolute atomic E-state index is 0.0412. The highest BCUT2D eigenvalue weighted by atomic mass is 32.2. The summed E-state index contributed by atoms with van der Waals surface area (Å²) in [5.41, 5.74) is 0.0412. The van der Waals surface area contributed by atoms with Gasteiger partial charge in [-0.15, -0.1) is 0 Å². The number of amides is 1. The minimum Gasteiger partial charge on any atom is -0.349 e. The summed E-state index contributed by atoms with van der Waals surface area (Å²) in [6.45, 7) is 0.670. The van der Waals surface area contributed by atoms with Gasteiger partial charge in [0.1, 0.15) is 0 Å². The Morgan fingerprint density at radius 3 is 2.38 bits per heavy atom. The summed E-state index contributed by atoms with van der Waals surface area (Å²) in [6, 6.07) is 2.77. The van der Waals surface area contributed by atoms with E-state index in [2.05, 4.69) is 5.32 Å². The lowest BCUT2D eigenvalue weighted by Gasteiger charge is -2.30. The molecule has 0 atom stereocenters. The molecule has 0 radical (unpaired) electrons. The molecule has 1 aromatic rings. The molecule has 1 aliphatic heterocycles. The van der Waals surface area contributed by atoms with Crippen molar-refractivity contribution < 1.29 is 22.0 Å². The van der Waals surface area contributed by atoms with Crippen LogP contribution in [0.25, 0.3) is 0 Å². The average Bonchev–Trinajstić information content (AvgIpc) is 2.41. The zero-order valence-corrected chi connectivity index (χ0v) is 12.3. The second-order valence-corrected chi connectivity index (χ2v) is 7.02. The largest absolute Gasteiger partial charge is 0.349 e. The Morgan fingerprint density at radius 2 is 1.86 bits per heavy atom. The number of rotatable bonds is 3. The Morgan fingerprint density at radius 1 is 1.24 bits per heavy atom. The molecule has 1 fully saturated rings. The van der Waals surface area contributed by atoms with Crippen LogP contribution in [0.4, 0.5) is 8.78 Å². The molecule has 0 spiro atoms. The van der Waals surface area contributed by atoms with Crippen LogP contribution in [0, 0.1) is 11.6 Å². The van der Waals surface area contributed by atoms with E-state index in [1.54, 1.807) is 0 Å². The topological polar surface area (TPSA) is 66.5 Å². The van der Waals surface area contributed by atoms with Gasteiger partial charge in [-0.05, 0) is 31.0 Å². The van der Waals surface area contributed by atoms with E-state index in [1.807, 2.05) is 0 Å². The maximum atomic E-state index is 13.1. The predicted octanol–water partition coefficient (Wildman–Crippen LogP) is 1.12. The Balaban J connectivity index is 1.94. The van der Waals surface area contributed by atoms with Crippen molar-refractivity contribution in [2.45, 2.75) is 18.9 Å². The van der Waals surface area contributed by atoms with E-state index in [4.69, 9.17) is 0 Å². The molecule has 1 saturated heterocycles. The average molecular weight is 318 g/mol. The zero-order valence-electron chi connectivity index (χ0n) is 11.5. The second-order valence-electron chi connectivity index (χ2n) is 5.04. The molecule has 0 aliphatic carbocycles. The van der Waals surface area contributed by atoms with Crippen LogP contribution in [0.5, 0.6) is 0 Å². The summed E-state index contributed by atoms with van der Waals surface area (Å²) in [6.07, 6.45) is 2.12. The van der Waals surface area contributed by atoms with Crippen LogP contribution in [0.15, 0.2) is 18.2 Å². The highest BCUT2D eigenvalue weighted by molar-refractivity contribution is 7.88. The summed E-state index contributed by atoms with van der Waals surface area (Å²) < 4.78 is 50.0. The van der Waals surface area contributed by atoms with Gasteiger partial charge in [0, 0.05) is 24.7 Å². The first-order valence-electron chi connectivity index (χ1n) is 6.48. The van der Waals surface area contributed by atoms with Gasteiger partial charge in [-0.2, -0.15) is 0 Å². The molecule has 8 heteroatoms. The third kappa shape index (κ3) is 3.98. The van der Waals surface area contributed by atoms with Gasteiger partial charge >= 0.3 is 0 Å². The first kappa shape index (κ1) is 15.8. The maximum Gasteiger partial charge on any atom is 0.251 e. The molecule has 5 nitrogen and oxygen atoms in total. The molecule has 0 saturated carbocycles. The third-order valence-corrected chi connectivity index (χ3v) is 4.74. The van der Waals surface area contributed by atoms with Crippen LogP contribution in [0.3, 0.4) is 0 Å². The summed E-state index contributed by atoms with van der Waals surface area (Å²) >= 11 is 0. The van der Waals surface area contributed by atoms with Crippen molar-refractivity contribution >= 4 is 15.9 Å². The molecule has 1 amide bonds.